The monoisotopic (exact) mass is 753 g/mol. The van der Waals surface area contributed by atoms with Gasteiger partial charge in [-0.3, -0.25) is 0 Å². The van der Waals surface area contributed by atoms with Crippen LogP contribution in [0.25, 0.3) is 0 Å². The standard InChI is InChI=1S/2C12H20N.C5H7.C4H4N.4CH3.2Ru/c2*1-5-10-9-13(8-4)12(7-3)11(10)6-2;1-3-5-4-2;1-2-4-5-3-1;;;;;;/h2*5-8H2,1-4H3;1,3-5H,2H3;1-3,5H;4*1H3;;. The predicted octanol–water partition coefficient (Wildman–Crippen LogP) is 8.88. The van der Waals surface area contributed by atoms with E-state index >= 15 is 0 Å². The number of allylic oxidation sites excluding steroid dienone is 3. The quantitative estimate of drug-likeness (QED) is 0.134. The average molecular weight is 752 g/mol. The van der Waals surface area contributed by atoms with Gasteiger partial charge in [-0.25, -0.2) is 0 Å². The van der Waals surface area contributed by atoms with E-state index < -0.39 is 12.4 Å². The van der Waals surface area contributed by atoms with Crippen molar-refractivity contribution in [3.8, 4) is 0 Å². The molecule has 3 rings (SSSR count). The molecular formula is C37H63N3Ru2. The van der Waals surface area contributed by atoms with E-state index in [1.54, 1.807) is 42.2 Å². The Bertz CT molecular complexity index is 1230. The number of nitrogens with one attached hydrogen (secondary N) is 1. The second kappa shape index (κ2) is 14.6. The minimum absolute atomic E-state index is 0.0561. The summed E-state index contributed by atoms with van der Waals surface area (Å²) in [5.74, 6) is 0. The average Bonchev–Trinajstić information content (AvgIpc) is 3.67. The summed E-state index contributed by atoms with van der Waals surface area (Å²) in [6.07, 6.45) is 15.3. The summed E-state index contributed by atoms with van der Waals surface area (Å²) >= 11 is -2.92. The molecule has 0 aromatic carbocycles. The van der Waals surface area contributed by atoms with E-state index in [-0.39, 0.29) is 17.1 Å². The Labute approximate surface area is 265 Å². The molecule has 0 fully saturated rings. The van der Waals surface area contributed by atoms with Gasteiger partial charge in [0.25, 0.3) is 0 Å². The molecule has 0 aliphatic heterocycles. The van der Waals surface area contributed by atoms with Crippen molar-refractivity contribution in [3.05, 3.63) is 74.9 Å². The molecule has 5 heteroatoms. The van der Waals surface area contributed by atoms with Crippen LogP contribution in [-0.4, -0.2) is 14.1 Å². The Morgan fingerprint density at radius 2 is 1.12 bits per heavy atom. The molecule has 0 aliphatic carbocycles. The van der Waals surface area contributed by atoms with E-state index in [0.29, 0.717) is 0 Å². The molecule has 0 bridgehead atoms. The predicted molar refractivity (Wildman–Crippen MR) is 184 cm³/mol. The van der Waals surface area contributed by atoms with E-state index in [2.05, 4.69) is 127 Å². The van der Waals surface area contributed by atoms with Crippen molar-refractivity contribution in [2.75, 3.05) is 0 Å². The van der Waals surface area contributed by atoms with Crippen LogP contribution < -0.4 is 12.9 Å². The van der Waals surface area contributed by atoms with Crippen LogP contribution in [0.2, 0.25) is 22.1 Å². The van der Waals surface area contributed by atoms with E-state index in [4.69, 9.17) is 0 Å². The van der Waals surface area contributed by atoms with Crippen molar-refractivity contribution in [2.24, 2.45) is 0 Å². The summed E-state index contributed by atoms with van der Waals surface area (Å²) in [6, 6.07) is 4.29. The molecule has 0 radical (unpaired) electrons. The molecule has 0 saturated carbocycles. The van der Waals surface area contributed by atoms with Gasteiger partial charge in [-0.1, -0.05) is 0 Å². The van der Waals surface area contributed by atoms with Crippen LogP contribution in [0.5, 0.6) is 0 Å². The molecule has 3 aromatic heterocycles. The first kappa shape index (κ1) is 36.8. The van der Waals surface area contributed by atoms with Crippen LogP contribution in [-0.2, 0) is 81.2 Å². The van der Waals surface area contributed by atoms with Crippen LogP contribution in [0, 0.1) is 0 Å². The molecule has 0 aliphatic rings. The Hall–Kier alpha value is -1.43. The van der Waals surface area contributed by atoms with Gasteiger partial charge in [0.1, 0.15) is 0 Å². The Morgan fingerprint density at radius 3 is 1.43 bits per heavy atom. The van der Waals surface area contributed by atoms with E-state index in [1.807, 2.05) is 13.1 Å². The van der Waals surface area contributed by atoms with Crippen molar-refractivity contribution >= 4 is 12.9 Å². The van der Waals surface area contributed by atoms with Crippen LogP contribution in [0.1, 0.15) is 96.0 Å². The van der Waals surface area contributed by atoms with Gasteiger partial charge >= 0.3 is 267 Å². The fourth-order valence-corrected chi connectivity index (χ4v) is 14.4. The van der Waals surface area contributed by atoms with Gasteiger partial charge in [0.2, 0.25) is 0 Å². The second-order valence-corrected chi connectivity index (χ2v) is 34.7. The molecule has 0 atom stereocenters. The molecule has 42 heavy (non-hydrogen) atoms. The molecule has 3 heterocycles. The van der Waals surface area contributed by atoms with Gasteiger partial charge in [-0.05, 0) is 0 Å². The van der Waals surface area contributed by atoms with Gasteiger partial charge in [0.05, 0.1) is 0 Å². The maximum absolute atomic E-state index is 3.39. The van der Waals surface area contributed by atoms with Crippen LogP contribution >= 0.6 is 0 Å². The fraction of sp³-hybridized carbons (Fsp3) is 0.568. The summed E-state index contributed by atoms with van der Waals surface area (Å²) in [5, 5.41) is 0. The maximum atomic E-state index is 3.39. The van der Waals surface area contributed by atoms with Crippen molar-refractivity contribution < 1.29 is 29.6 Å². The van der Waals surface area contributed by atoms with Crippen molar-refractivity contribution in [1.82, 2.24) is 14.1 Å². The SMILES string of the molecule is CC=CC=[CH][Ru]([CH3])([CH3])([CH3])([CH3])[c]1ccc[nH]1.CCc1c(CC)[c]([Ru][c]2c(CC)c(CC)c(CC)n2CC)n(CC)c1CC. The molecule has 0 saturated heterocycles. The Kier molecular flexibility index (Phi) is 12.7. The molecule has 3 aromatic rings. The first-order chi connectivity index (χ1) is 19.8. The third-order valence-electron chi connectivity index (χ3n) is 8.23. The molecule has 3 nitrogen and oxygen atoms in total. The number of aromatic amines is 1. The van der Waals surface area contributed by atoms with Crippen LogP contribution in [0.15, 0.2) is 41.2 Å². The normalized spacial score (nSPS) is 14.0. The topological polar surface area (TPSA) is 25.6 Å². The fourth-order valence-electron chi connectivity index (χ4n) is 6.09. The zero-order valence-corrected chi connectivity index (χ0v) is 32.8. The molecule has 242 valence electrons. The summed E-state index contributed by atoms with van der Waals surface area (Å²) in [5.41, 5.74) is 19.5. The number of rotatable bonds is 13. The van der Waals surface area contributed by atoms with E-state index in [0.717, 1.165) is 25.9 Å². The zero-order chi connectivity index (χ0) is 31.8. The molecule has 1 N–H and O–H groups in total. The number of hydrogen-bond acceptors (Lipinski definition) is 0. The third kappa shape index (κ3) is 7.79. The van der Waals surface area contributed by atoms with E-state index in [1.165, 1.54) is 30.0 Å². The summed E-state index contributed by atoms with van der Waals surface area (Å²) in [6.45, 7) is 23.0. The molecule has 0 spiro atoms. The van der Waals surface area contributed by atoms with Crippen LogP contribution in [0.3, 0.4) is 0 Å². The minimum atomic E-state index is -2.98. The van der Waals surface area contributed by atoms with Crippen LogP contribution in [0.4, 0.5) is 0 Å². The van der Waals surface area contributed by atoms with E-state index in [9.17, 15) is 0 Å². The van der Waals surface area contributed by atoms with Gasteiger partial charge in [0.15, 0.2) is 0 Å². The second-order valence-electron chi connectivity index (χ2n) is 12.7. The van der Waals surface area contributed by atoms with Crippen molar-refractivity contribution in [3.63, 3.8) is 0 Å². The molecule has 0 unspecified atom stereocenters. The molecular weight excluding hydrogens is 689 g/mol. The van der Waals surface area contributed by atoms with Gasteiger partial charge in [0, 0.05) is 0 Å². The number of aromatic nitrogens is 3. The Balaban J connectivity index is 0.000000347. The Morgan fingerprint density at radius 1 is 0.667 bits per heavy atom. The summed E-state index contributed by atoms with van der Waals surface area (Å²) in [7, 11) is 0. The number of hydrogen-bond donors (Lipinski definition) is 1. The summed E-state index contributed by atoms with van der Waals surface area (Å²) < 4.78 is 12.5. The first-order valence-electron chi connectivity index (χ1n) is 16.0. The van der Waals surface area contributed by atoms with Gasteiger partial charge in [-0.2, -0.15) is 0 Å². The van der Waals surface area contributed by atoms with Crippen molar-refractivity contribution in [2.45, 2.75) is 136 Å². The van der Waals surface area contributed by atoms with Crippen molar-refractivity contribution in [1.29, 1.82) is 0 Å². The zero-order valence-electron chi connectivity index (χ0n) is 29.3. The summed E-state index contributed by atoms with van der Waals surface area (Å²) in [4.78, 5) is 3.39. The number of H-pyrrole nitrogens is 1. The third-order valence-corrected chi connectivity index (χ3v) is 18.8. The van der Waals surface area contributed by atoms with Gasteiger partial charge < -0.3 is 0 Å². The number of nitrogens with zero attached hydrogens (tertiary/aromatic N) is 2. The van der Waals surface area contributed by atoms with Gasteiger partial charge in [-0.15, -0.1) is 0 Å². The first-order valence-corrected chi connectivity index (χ1v) is 26.6. The molecule has 0 amide bonds.